The fourth-order valence-electron chi connectivity index (χ4n) is 3.16. The van der Waals surface area contributed by atoms with Crippen LogP contribution >= 0.6 is 0 Å². The zero-order valence-corrected chi connectivity index (χ0v) is 14.9. The number of fused-ring (bicyclic) bond motifs is 1. The standard InChI is InChI=1S/C21H25N3O/c1-3-24(4-2)18-11-9-16(10-12-18)21(25)22-14-13-17-15-23-20-8-6-5-7-19(17)20/h5-12,15,23H,3-4,13-14H2,1-2H3,(H,22,25). The van der Waals surface area contributed by atoms with Gasteiger partial charge < -0.3 is 15.2 Å². The first-order chi connectivity index (χ1) is 12.2. The number of rotatable bonds is 7. The maximum atomic E-state index is 12.3. The number of nitrogens with one attached hydrogen (secondary N) is 2. The van der Waals surface area contributed by atoms with Crippen LogP contribution in [0.25, 0.3) is 10.9 Å². The van der Waals surface area contributed by atoms with Gasteiger partial charge in [-0.15, -0.1) is 0 Å². The maximum absolute atomic E-state index is 12.3. The van der Waals surface area contributed by atoms with Crippen molar-refractivity contribution in [2.75, 3.05) is 24.5 Å². The molecule has 130 valence electrons. The van der Waals surface area contributed by atoms with E-state index in [4.69, 9.17) is 0 Å². The Kier molecular flexibility index (Phi) is 5.39. The Bertz CT molecular complexity index is 832. The van der Waals surface area contributed by atoms with Crippen molar-refractivity contribution in [3.63, 3.8) is 0 Å². The van der Waals surface area contributed by atoms with Crippen LogP contribution in [0.5, 0.6) is 0 Å². The van der Waals surface area contributed by atoms with Crippen molar-refractivity contribution in [3.8, 4) is 0 Å². The molecule has 0 bridgehead atoms. The van der Waals surface area contributed by atoms with E-state index >= 15 is 0 Å². The molecule has 0 radical (unpaired) electrons. The first-order valence-electron chi connectivity index (χ1n) is 8.91. The second kappa shape index (κ2) is 7.88. The lowest BCUT2D eigenvalue weighted by Crippen LogP contribution is -2.26. The van der Waals surface area contributed by atoms with E-state index < -0.39 is 0 Å². The van der Waals surface area contributed by atoms with Crippen LogP contribution in [0.15, 0.2) is 54.7 Å². The monoisotopic (exact) mass is 335 g/mol. The van der Waals surface area contributed by atoms with Crippen molar-refractivity contribution in [3.05, 3.63) is 65.9 Å². The fourth-order valence-corrected chi connectivity index (χ4v) is 3.16. The summed E-state index contributed by atoms with van der Waals surface area (Å²) in [7, 11) is 0. The Balaban J connectivity index is 1.57. The molecule has 3 aromatic rings. The molecule has 0 aliphatic heterocycles. The van der Waals surface area contributed by atoms with Crippen molar-refractivity contribution in [2.24, 2.45) is 0 Å². The Labute approximate surface area is 148 Å². The Morgan fingerprint density at radius 2 is 1.76 bits per heavy atom. The van der Waals surface area contributed by atoms with Gasteiger partial charge in [0.1, 0.15) is 0 Å². The summed E-state index contributed by atoms with van der Waals surface area (Å²) in [5, 5.41) is 4.23. The van der Waals surface area contributed by atoms with Crippen molar-refractivity contribution in [1.29, 1.82) is 0 Å². The third-order valence-corrected chi connectivity index (χ3v) is 4.61. The highest BCUT2D eigenvalue weighted by Crippen LogP contribution is 2.18. The van der Waals surface area contributed by atoms with Crippen molar-refractivity contribution >= 4 is 22.5 Å². The summed E-state index contributed by atoms with van der Waals surface area (Å²) < 4.78 is 0. The summed E-state index contributed by atoms with van der Waals surface area (Å²) >= 11 is 0. The molecule has 1 amide bonds. The number of aromatic amines is 1. The number of amides is 1. The molecule has 0 saturated heterocycles. The van der Waals surface area contributed by atoms with Crippen LogP contribution in [0.2, 0.25) is 0 Å². The molecule has 1 aromatic heterocycles. The van der Waals surface area contributed by atoms with Crippen LogP contribution in [-0.4, -0.2) is 30.5 Å². The van der Waals surface area contributed by atoms with Crippen molar-refractivity contribution < 1.29 is 4.79 Å². The number of nitrogens with zero attached hydrogens (tertiary/aromatic N) is 1. The van der Waals surface area contributed by atoms with E-state index in [0.717, 1.165) is 30.7 Å². The lowest BCUT2D eigenvalue weighted by Gasteiger charge is -2.21. The number of H-pyrrole nitrogens is 1. The molecule has 2 aromatic carbocycles. The third kappa shape index (κ3) is 3.85. The smallest absolute Gasteiger partial charge is 0.251 e. The molecular weight excluding hydrogens is 310 g/mol. The first-order valence-corrected chi connectivity index (χ1v) is 8.91. The third-order valence-electron chi connectivity index (χ3n) is 4.61. The van der Waals surface area contributed by atoms with Crippen LogP contribution < -0.4 is 10.2 Å². The summed E-state index contributed by atoms with van der Waals surface area (Å²) in [6.07, 6.45) is 2.84. The molecule has 4 heteroatoms. The molecule has 0 unspecified atom stereocenters. The molecule has 3 rings (SSSR count). The minimum absolute atomic E-state index is 0.0223. The van der Waals surface area contributed by atoms with E-state index in [9.17, 15) is 4.79 Å². The summed E-state index contributed by atoms with van der Waals surface area (Å²) in [6, 6.07) is 16.1. The molecule has 0 fully saturated rings. The zero-order valence-electron chi connectivity index (χ0n) is 14.9. The zero-order chi connectivity index (χ0) is 17.6. The van der Waals surface area contributed by atoms with E-state index in [0.29, 0.717) is 12.1 Å². The summed E-state index contributed by atoms with van der Waals surface area (Å²) in [4.78, 5) is 17.9. The molecule has 1 heterocycles. The molecule has 25 heavy (non-hydrogen) atoms. The Hall–Kier alpha value is -2.75. The van der Waals surface area contributed by atoms with Gasteiger partial charge in [0.25, 0.3) is 5.91 Å². The van der Waals surface area contributed by atoms with Gasteiger partial charge in [-0.2, -0.15) is 0 Å². The van der Waals surface area contributed by atoms with Crippen LogP contribution in [-0.2, 0) is 6.42 Å². The number of benzene rings is 2. The minimum atomic E-state index is -0.0223. The second-order valence-corrected chi connectivity index (χ2v) is 6.08. The van der Waals surface area contributed by atoms with E-state index in [1.54, 1.807) is 0 Å². The predicted octanol–water partition coefficient (Wildman–Crippen LogP) is 3.99. The Morgan fingerprint density at radius 1 is 1.04 bits per heavy atom. The van der Waals surface area contributed by atoms with Gasteiger partial charge in [0, 0.05) is 48.0 Å². The van der Waals surface area contributed by atoms with Crippen molar-refractivity contribution in [2.45, 2.75) is 20.3 Å². The highest BCUT2D eigenvalue weighted by atomic mass is 16.1. The van der Waals surface area contributed by atoms with Gasteiger partial charge in [-0.25, -0.2) is 0 Å². The number of para-hydroxylation sites is 1. The molecule has 2 N–H and O–H groups in total. The van der Waals surface area contributed by atoms with E-state index in [1.807, 2.05) is 42.6 Å². The summed E-state index contributed by atoms with van der Waals surface area (Å²) in [5.41, 5.74) is 4.22. The molecule has 0 aliphatic rings. The molecular formula is C21H25N3O. The second-order valence-electron chi connectivity index (χ2n) is 6.08. The summed E-state index contributed by atoms with van der Waals surface area (Å²) in [5.74, 6) is -0.0223. The predicted molar refractivity (Wildman–Crippen MR) is 104 cm³/mol. The molecule has 0 saturated carbocycles. The van der Waals surface area contributed by atoms with Gasteiger partial charge in [-0.05, 0) is 56.2 Å². The van der Waals surface area contributed by atoms with Crippen LogP contribution in [0, 0.1) is 0 Å². The van der Waals surface area contributed by atoms with E-state index in [-0.39, 0.29) is 5.91 Å². The quantitative estimate of drug-likeness (QED) is 0.686. The number of hydrogen-bond donors (Lipinski definition) is 2. The highest BCUT2D eigenvalue weighted by molar-refractivity contribution is 5.94. The van der Waals surface area contributed by atoms with Gasteiger partial charge in [0.15, 0.2) is 0 Å². The van der Waals surface area contributed by atoms with Crippen molar-refractivity contribution in [1.82, 2.24) is 10.3 Å². The molecule has 0 aliphatic carbocycles. The van der Waals surface area contributed by atoms with Crippen LogP contribution in [0.4, 0.5) is 5.69 Å². The molecule has 0 atom stereocenters. The minimum Gasteiger partial charge on any atom is -0.372 e. The van der Waals surface area contributed by atoms with Crippen LogP contribution in [0.1, 0.15) is 29.8 Å². The maximum Gasteiger partial charge on any atom is 0.251 e. The van der Waals surface area contributed by atoms with Crippen LogP contribution in [0.3, 0.4) is 0 Å². The van der Waals surface area contributed by atoms with Gasteiger partial charge in [0.05, 0.1) is 0 Å². The number of carbonyl (C=O) groups excluding carboxylic acids is 1. The average Bonchev–Trinajstić information content (AvgIpc) is 3.06. The number of carbonyl (C=O) groups is 1. The lowest BCUT2D eigenvalue weighted by atomic mass is 10.1. The van der Waals surface area contributed by atoms with Gasteiger partial charge >= 0.3 is 0 Å². The van der Waals surface area contributed by atoms with Gasteiger partial charge in [0.2, 0.25) is 0 Å². The normalized spacial score (nSPS) is 10.8. The highest BCUT2D eigenvalue weighted by Gasteiger charge is 2.08. The SMILES string of the molecule is CCN(CC)c1ccc(C(=O)NCCc2c[nH]c3ccccc23)cc1. The Morgan fingerprint density at radius 3 is 2.48 bits per heavy atom. The topological polar surface area (TPSA) is 48.1 Å². The molecule has 4 nitrogen and oxygen atoms in total. The van der Waals surface area contributed by atoms with Gasteiger partial charge in [-0.3, -0.25) is 4.79 Å². The lowest BCUT2D eigenvalue weighted by molar-refractivity contribution is 0.0954. The summed E-state index contributed by atoms with van der Waals surface area (Å²) in [6.45, 7) is 6.82. The first kappa shape index (κ1) is 17.1. The van der Waals surface area contributed by atoms with Gasteiger partial charge in [-0.1, -0.05) is 18.2 Å². The van der Waals surface area contributed by atoms with E-state index in [2.05, 4.69) is 41.2 Å². The molecule has 0 spiro atoms. The van der Waals surface area contributed by atoms with E-state index in [1.165, 1.54) is 10.9 Å². The number of anilines is 1. The average molecular weight is 335 g/mol. The largest absolute Gasteiger partial charge is 0.372 e. The number of aromatic nitrogens is 1. The number of hydrogen-bond acceptors (Lipinski definition) is 2. The fraction of sp³-hybridized carbons (Fsp3) is 0.286.